The summed E-state index contributed by atoms with van der Waals surface area (Å²) in [5.41, 5.74) is 6.16. The highest BCUT2D eigenvalue weighted by Gasteiger charge is 2.14. The number of thiazole rings is 1. The van der Waals surface area contributed by atoms with E-state index in [1.54, 1.807) is 11.3 Å². The quantitative estimate of drug-likeness (QED) is 0.475. The fraction of sp³-hybridized carbons (Fsp3) is 0.0952. The largest absolute Gasteiger partial charge is 0.331 e. The van der Waals surface area contributed by atoms with Crippen molar-refractivity contribution in [3.8, 4) is 16.9 Å². The van der Waals surface area contributed by atoms with Gasteiger partial charge in [-0.3, -0.25) is 4.68 Å². The van der Waals surface area contributed by atoms with E-state index in [0.717, 1.165) is 44.4 Å². The monoisotopic (exact) mass is 386 g/mol. The summed E-state index contributed by atoms with van der Waals surface area (Å²) < 4.78 is 3.81. The van der Waals surface area contributed by atoms with Crippen LogP contribution in [0.1, 0.15) is 5.69 Å². The van der Waals surface area contributed by atoms with Crippen LogP contribution in [0, 0.1) is 6.92 Å². The summed E-state index contributed by atoms with van der Waals surface area (Å²) in [5, 5.41) is 16.3. The lowest BCUT2D eigenvalue weighted by Crippen LogP contribution is -1.98. The topological polar surface area (TPSA) is 60.6 Å². The Balaban J connectivity index is 1.46. The van der Waals surface area contributed by atoms with Gasteiger partial charge in [-0.05, 0) is 31.2 Å². The van der Waals surface area contributed by atoms with Crippen molar-refractivity contribution in [3.05, 3.63) is 72.0 Å². The van der Waals surface area contributed by atoms with Gasteiger partial charge in [0.25, 0.3) is 0 Å². The van der Waals surface area contributed by atoms with Crippen LogP contribution in [0.2, 0.25) is 0 Å². The molecule has 5 rings (SSSR count). The van der Waals surface area contributed by atoms with E-state index in [1.807, 2.05) is 71.3 Å². The molecule has 7 heteroatoms. The first-order valence-corrected chi connectivity index (χ1v) is 9.82. The van der Waals surface area contributed by atoms with Crippen molar-refractivity contribution in [2.75, 3.05) is 5.32 Å². The fourth-order valence-corrected chi connectivity index (χ4v) is 4.07. The van der Waals surface area contributed by atoms with Crippen LogP contribution in [0.25, 0.3) is 27.8 Å². The minimum absolute atomic E-state index is 0.846. The minimum Gasteiger partial charge on any atom is -0.331 e. The summed E-state index contributed by atoms with van der Waals surface area (Å²) in [6, 6.07) is 16.3. The predicted octanol–water partition coefficient (Wildman–Crippen LogP) is 4.93. The molecule has 0 atom stereocenters. The van der Waals surface area contributed by atoms with Gasteiger partial charge in [-0.2, -0.15) is 10.2 Å². The number of rotatable bonds is 4. The molecule has 0 saturated carbocycles. The van der Waals surface area contributed by atoms with E-state index < -0.39 is 0 Å². The third kappa shape index (κ3) is 2.76. The molecule has 0 bridgehead atoms. The lowest BCUT2D eigenvalue weighted by Gasteiger charge is -2.05. The summed E-state index contributed by atoms with van der Waals surface area (Å²) in [6.45, 7) is 2.07. The van der Waals surface area contributed by atoms with Crippen LogP contribution in [-0.2, 0) is 7.05 Å². The van der Waals surface area contributed by atoms with E-state index in [1.165, 1.54) is 0 Å². The van der Waals surface area contributed by atoms with Crippen LogP contribution < -0.4 is 5.32 Å². The van der Waals surface area contributed by atoms with Crippen LogP contribution in [0.4, 0.5) is 10.8 Å². The molecule has 5 aromatic rings. The normalized spacial score (nSPS) is 11.2. The highest BCUT2D eigenvalue weighted by atomic mass is 32.1. The molecule has 0 saturated heterocycles. The summed E-state index contributed by atoms with van der Waals surface area (Å²) in [5.74, 6) is 0. The van der Waals surface area contributed by atoms with E-state index in [4.69, 9.17) is 4.98 Å². The molecule has 0 aliphatic heterocycles. The first-order chi connectivity index (χ1) is 13.7. The summed E-state index contributed by atoms with van der Waals surface area (Å²) in [6.07, 6.45) is 3.75. The third-order valence-electron chi connectivity index (χ3n) is 4.82. The zero-order valence-electron chi connectivity index (χ0n) is 15.5. The molecule has 0 radical (unpaired) electrons. The molecule has 3 heterocycles. The summed E-state index contributed by atoms with van der Waals surface area (Å²) >= 11 is 1.58. The molecule has 2 aromatic carbocycles. The van der Waals surface area contributed by atoms with Gasteiger partial charge in [0.2, 0.25) is 0 Å². The number of nitrogens with one attached hydrogen (secondary N) is 1. The van der Waals surface area contributed by atoms with Crippen molar-refractivity contribution >= 4 is 33.1 Å². The van der Waals surface area contributed by atoms with Gasteiger partial charge in [0.15, 0.2) is 5.13 Å². The number of hydrogen-bond donors (Lipinski definition) is 1. The van der Waals surface area contributed by atoms with Crippen molar-refractivity contribution in [3.63, 3.8) is 0 Å². The Labute approximate surface area is 166 Å². The molecule has 0 amide bonds. The van der Waals surface area contributed by atoms with Gasteiger partial charge >= 0.3 is 0 Å². The van der Waals surface area contributed by atoms with Gasteiger partial charge in [0.05, 0.1) is 40.7 Å². The molecule has 138 valence electrons. The standard InChI is InChI=1S/C21H18N6S/c1-14-16(11-23-27(14)15-7-4-3-5-8-15)19-13-28-21(25-19)24-18-9-6-10-20-17(18)12-22-26(20)2/h3-13H,1-2H3,(H,24,25). The number of anilines is 2. The molecule has 3 aromatic heterocycles. The molecule has 0 aliphatic rings. The second-order valence-electron chi connectivity index (χ2n) is 6.56. The van der Waals surface area contributed by atoms with E-state index in [-0.39, 0.29) is 0 Å². The first kappa shape index (κ1) is 16.7. The van der Waals surface area contributed by atoms with Gasteiger partial charge in [0.1, 0.15) is 0 Å². The minimum atomic E-state index is 0.846. The third-order valence-corrected chi connectivity index (χ3v) is 5.58. The first-order valence-electron chi connectivity index (χ1n) is 8.94. The van der Waals surface area contributed by atoms with Crippen molar-refractivity contribution in [1.82, 2.24) is 24.5 Å². The fourth-order valence-electron chi connectivity index (χ4n) is 3.35. The molecule has 0 aliphatic carbocycles. The summed E-state index contributed by atoms with van der Waals surface area (Å²) in [7, 11) is 1.95. The van der Waals surface area contributed by atoms with Gasteiger partial charge in [-0.15, -0.1) is 11.3 Å². The number of fused-ring (bicyclic) bond motifs is 1. The number of aryl methyl sites for hydroxylation is 1. The van der Waals surface area contributed by atoms with E-state index >= 15 is 0 Å². The van der Waals surface area contributed by atoms with Crippen molar-refractivity contribution in [1.29, 1.82) is 0 Å². The Hall–Kier alpha value is -3.45. The zero-order chi connectivity index (χ0) is 19.1. The molecule has 1 N–H and O–H groups in total. The van der Waals surface area contributed by atoms with Crippen LogP contribution >= 0.6 is 11.3 Å². The molecule has 28 heavy (non-hydrogen) atoms. The maximum Gasteiger partial charge on any atom is 0.187 e. The van der Waals surface area contributed by atoms with Gasteiger partial charge in [-0.1, -0.05) is 24.3 Å². The Morgan fingerprint density at radius 2 is 1.82 bits per heavy atom. The predicted molar refractivity (Wildman–Crippen MR) is 113 cm³/mol. The zero-order valence-corrected chi connectivity index (χ0v) is 16.3. The average Bonchev–Trinajstić information content (AvgIpc) is 3.42. The number of nitrogens with zero attached hydrogens (tertiary/aromatic N) is 5. The maximum atomic E-state index is 4.78. The molecule has 6 nitrogen and oxygen atoms in total. The van der Waals surface area contributed by atoms with Crippen LogP contribution in [-0.4, -0.2) is 24.5 Å². The Bertz CT molecular complexity index is 1260. The van der Waals surface area contributed by atoms with Crippen LogP contribution in [0.15, 0.2) is 66.3 Å². The molecular formula is C21H18N6S. The lowest BCUT2D eigenvalue weighted by molar-refractivity contribution is 0.797. The Morgan fingerprint density at radius 1 is 0.964 bits per heavy atom. The molecule has 0 spiro atoms. The van der Waals surface area contributed by atoms with E-state index in [2.05, 4.69) is 33.9 Å². The second-order valence-corrected chi connectivity index (χ2v) is 7.42. The molecule has 0 fully saturated rings. The van der Waals surface area contributed by atoms with Gasteiger partial charge in [-0.25, -0.2) is 9.67 Å². The smallest absolute Gasteiger partial charge is 0.187 e. The maximum absolute atomic E-state index is 4.78. The lowest BCUT2D eigenvalue weighted by atomic mass is 10.2. The van der Waals surface area contributed by atoms with Crippen molar-refractivity contribution in [2.24, 2.45) is 7.05 Å². The Morgan fingerprint density at radius 3 is 2.68 bits per heavy atom. The molecular weight excluding hydrogens is 368 g/mol. The Kier molecular flexibility index (Phi) is 3.95. The van der Waals surface area contributed by atoms with Crippen molar-refractivity contribution < 1.29 is 0 Å². The summed E-state index contributed by atoms with van der Waals surface area (Å²) in [4.78, 5) is 4.78. The number of para-hydroxylation sites is 1. The highest BCUT2D eigenvalue weighted by molar-refractivity contribution is 7.14. The highest BCUT2D eigenvalue weighted by Crippen LogP contribution is 2.32. The van der Waals surface area contributed by atoms with Gasteiger partial charge < -0.3 is 5.32 Å². The second kappa shape index (κ2) is 6.61. The van der Waals surface area contributed by atoms with E-state index in [9.17, 15) is 0 Å². The van der Waals surface area contributed by atoms with Crippen LogP contribution in [0.5, 0.6) is 0 Å². The van der Waals surface area contributed by atoms with Crippen molar-refractivity contribution in [2.45, 2.75) is 6.92 Å². The number of benzene rings is 2. The SMILES string of the molecule is Cc1c(-c2csc(Nc3cccc4c3cnn4C)n2)cnn1-c1ccccc1. The van der Waals surface area contributed by atoms with Gasteiger partial charge in [0, 0.05) is 23.4 Å². The number of hydrogen-bond acceptors (Lipinski definition) is 5. The molecule has 0 unspecified atom stereocenters. The van der Waals surface area contributed by atoms with E-state index in [0.29, 0.717) is 0 Å². The average molecular weight is 386 g/mol. The number of aromatic nitrogens is 5. The van der Waals surface area contributed by atoms with Crippen LogP contribution in [0.3, 0.4) is 0 Å².